The molecule has 0 radical (unpaired) electrons. The number of carbonyl (C=O) groups is 1. The van der Waals surface area contributed by atoms with Gasteiger partial charge in [0.25, 0.3) is 0 Å². The summed E-state index contributed by atoms with van der Waals surface area (Å²) in [6.07, 6.45) is 0.944. The lowest BCUT2D eigenvalue weighted by molar-refractivity contribution is -0.145. The smallest absolute Gasteiger partial charge is 0.373 e. The van der Waals surface area contributed by atoms with Crippen LogP contribution in [0.5, 0.6) is 0 Å². The predicted molar refractivity (Wildman–Crippen MR) is 84.3 cm³/mol. The van der Waals surface area contributed by atoms with Crippen molar-refractivity contribution in [2.24, 2.45) is 5.92 Å². The van der Waals surface area contributed by atoms with E-state index in [1.807, 2.05) is 6.07 Å². The minimum absolute atomic E-state index is 0.00857. The number of rotatable bonds is 3. The topological polar surface area (TPSA) is 88.4 Å². The first kappa shape index (κ1) is 16.0. The van der Waals surface area contributed by atoms with Crippen LogP contribution in [0.3, 0.4) is 0 Å². The molecule has 1 N–H and O–H groups in total. The predicted octanol–water partition coefficient (Wildman–Crippen LogP) is 1.60. The molecule has 3 heterocycles. The number of nitrogens with zero attached hydrogens (tertiary/aromatic N) is 2. The molecule has 2 fully saturated rings. The number of halogens is 1. The van der Waals surface area contributed by atoms with Crippen molar-refractivity contribution in [3.05, 3.63) is 52.0 Å². The van der Waals surface area contributed by atoms with E-state index >= 15 is 0 Å². The van der Waals surface area contributed by atoms with Crippen LogP contribution >= 0.6 is 0 Å². The fraction of sp³-hybridized carbons (Fsp3) is 0.471. The van der Waals surface area contributed by atoms with Crippen LogP contribution in [0.2, 0.25) is 0 Å². The standard InChI is InChI=1S/C17H18FN3O4/c18-13-3-1-2-10(6-13)14-7-11(4-5-24-14)16(22)21-8-12(9-21)15-19-17(23)25-20-15/h1-3,6,11-12,14H,4-5,7-9H2,(H,19,20,23)/t11-,14+/m1/s1. The van der Waals surface area contributed by atoms with Gasteiger partial charge in [-0.25, -0.2) is 9.18 Å². The molecule has 0 unspecified atom stereocenters. The molecule has 1 aromatic heterocycles. The molecule has 132 valence electrons. The van der Waals surface area contributed by atoms with Crippen LogP contribution in [0.25, 0.3) is 0 Å². The second-order valence-electron chi connectivity index (χ2n) is 6.56. The summed E-state index contributed by atoms with van der Waals surface area (Å²) < 4.78 is 23.6. The molecule has 1 aromatic carbocycles. The lowest BCUT2D eigenvalue weighted by Crippen LogP contribution is -2.51. The van der Waals surface area contributed by atoms with Crippen molar-refractivity contribution < 1.29 is 18.4 Å². The average Bonchev–Trinajstić information content (AvgIpc) is 2.99. The summed E-state index contributed by atoms with van der Waals surface area (Å²) in [6, 6.07) is 6.32. The largest absolute Gasteiger partial charge is 0.438 e. The van der Waals surface area contributed by atoms with Gasteiger partial charge in [0.1, 0.15) is 5.82 Å². The van der Waals surface area contributed by atoms with Gasteiger partial charge in [0.15, 0.2) is 5.82 Å². The van der Waals surface area contributed by atoms with Crippen molar-refractivity contribution in [2.75, 3.05) is 19.7 Å². The Labute approximate surface area is 142 Å². The molecule has 2 aliphatic heterocycles. The van der Waals surface area contributed by atoms with Crippen LogP contribution in [-0.2, 0) is 9.53 Å². The summed E-state index contributed by atoms with van der Waals surface area (Å²) in [5.41, 5.74) is 0.763. The van der Waals surface area contributed by atoms with Gasteiger partial charge in [-0.3, -0.25) is 14.3 Å². The Kier molecular flexibility index (Phi) is 4.12. The molecule has 2 atom stereocenters. The number of hydrogen-bond acceptors (Lipinski definition) is 5. The van der Waals surface area contributed by atoms with Crippen molar-refractivity contribution in [3.8, 4) is 0 Å². The summed E-state index contributed by atoms with van der Waals surface area (Å²) in [4.78, 5) is 28.0. The fourth-order valence-electron chi connectivity index (χ4n) is 3.47. The van der Waals surface area contributed by atoms with Gasteiger partial charge in [0.2, 0.25) is 5.91 Å². The summed E-state index contributed by atoms with van der Waals surface area (Å²) >= 11 is 0. The molecule has 0 aliphatic carbocycles. The molecule has 4 rings (SSSR count). The van der Waals surface area contributed by atoms with E-state index in [0.717, 1.165) is 5.56 Å². The number of aromatic amines is 1. The monoisotopic (exact) mass is 347 g/mol. The molecule has 25 heavy (non-hydrogen) atoms. The third-order valence-corrected chi connectivity index (χ3v) is 4.89. The molecule has 0 bridgehead atoms. The first-order valence-corrected chi connectivity index (χ1v) is 8.32. The van der Waals surface area contributed by atoms with Gasteiger partial charge in [-0.2, -0.15) is 0 Å². The molecule has 0 spiro atoms. The van der Waals surface area contributed by atoms with Crippen LogP contribution in [0.4, 0.5) is 4.39 Å². The van der Waals surface area contributed by atoms with Gasteiger partial charge in [-0.1, -0.05) is 17.3 Å². The number of ether oxygens (including phenoxy) is 1. The number of benzene rings is 1. The quantitative estimate of drug-likeness (QED) is 0.911. The highest BCUT2D eigenvalue weighted by Gasteiger charge is 2.39. The summed E-state index contributed by atoms with van der Waals surface area (Å²) in [5.74, 6) is -0.456. The molecular weight excluding hydrogens is 329 g/mol. The van der Waals surface area contributed by atoms with Gasteiger partial charge in [-0.15, -0.1) is 0 Å². The van der Waals surface area contributed by atoms with E-state index in [1.54, 1.807) is 11.0 Å². The zero-order chi connectivity index (χ0) is 17.4. The number of carbonyl (C=O) groups excluding carboxylic acids is 1. The number of amides is 1. The number of nitrogens with one attached hydrogen (secondary N) is 1. The van der Waals surface area contributed by atoms with Crippen LogP contribution in [-0.4, -0.2) is 40.6 Å². The van der Waals surface area contributed by atoms with Crippen molar-refractivity contribution in [2.45, 2.75) is 24.9 Å². The summed E-state index contributed by atoms with van der Waals surface area (Å²) in [7, 11) is 0. The average molecular weight is 347 g/mol. The third kappa shape index (κ3) is 3.21. The molecular formula is C17H18FN3O4. The van der Waals surface area contributed by atoms with E-state index in [0.29, 0.717) is 38.4 Å². The highest BCUT2D eigenvalue weighted by Crippen LogP contribution is 2.35. The highest BCUT2D eigenvalue weighted by molar-refractivity contribution is 5.80. The van der Waals surface area contributed by atoms with Crippen molar-refractivity contribution >= 4 is 5.91 Å². The Morgan fingerprint density at radius 2 is 2.20 bits per heavy atom. The second-order valence-corrected chi connectivity index (χ2v) is 6.56. The van der Waals surface area contributed by atoms with E-state index in [9.17, 15) is 14.0 Å². The van der Waals surface area contributed by atoms with Crippen LogP contribution in [0.1, 0.15) is 36.3 Å². The van der Waals surface area contributed by atoms with E-state index in [2.05, 4.69) is 14.7 Å². The maximum Gasteiger partial charge on any atom is 0.438 e. The Morgan fingerprint density at radius 3 is 2.92 bits per heavy atom. The minimum atomic E-state index is -0.581. The van der Waals surface area contributed by atoms with E-state index in [4.69, 9.17) is 4.74 Å². The Bertz CT molecular complexity index is 827. The minimum Gasteiger partial charge on any atom is -0.373 e. The first-order chi connectivity index (χ1) is 12.1. The zero-order valence-corrected chi connectivity index (χ0v) is 13.5. The van der Waals surface area contributed by atoms with Crippen molar-refractivity contribution in [3.63, 3.8) is 0 Å². The SMILES string of the molecule is O=C([C@@H]1CCO[C@H](c2cccc(F)c2)C1)N1CC(c2noc(=O)[nH]2)C1. The highest BCUT2D eigenvalue weighted by atomic mass is 19.1. The molecule has 2 aromatic rings. The summed E-state index contributed by atoms with van der Waals surface area (Å²) in [5, 5.41) is 3.67. The number of hydrogen-bond donors (Lipinski definition) is 1. The van der Waals surface area contributed by atoms with E-state index in [-0.39, 0.29) is 29.7 Å². The third-order valence-electron chi connectivity index (χ3n) is 4.89. The number of H-pyrrole nitrogens is 1. The zero-order valence-electron chi connectivity index (χ0n) is 13.5. The van der Waals surface area contributed by atoms with Gasteiger partial charge in [0, 0.05) is 25.6 Å². The molecule has 2 saturated heterocycles. The molecule has 2 aliphatic rings. The summed E-state index contributed by atoms with van der Waals surface area (Å²) in [6.45, 7) is 1.51. The maximum absolute atomic E-state index is 13.4. The fourth-order valence-corrected chi connectivity index (χ4v) is 3.47. The normalized spacial score (nSPS) is 24.1. The van der Waals surface area contributed by atoms with Gasteiger partial charge >= 0.3 is 5.76 Å². The lowest BCUT2D eigenvalue weighted by atomic mass is 9.88. The van der Waals surface area contributed by atoms with Crippen LogP contribution < -0.4 is 5.76 Å². The van der Waals surface area contributed by atoms with Gasteiger partial charge in [0.05, 0.1) is 12.0 Å². The van der Waals surface area contributed by atoms with Gasteiger partial charge in [-0.05, 0) is 30.5 Å². The molecule has 1 amide bonds. The van der Waals surface area contributed by atoms with Crippen molar-refractivity contribution in [1.82, 2.24) is 15.0 Å². The van der Waals surface area contributed by atoms with Crippen molar-refractivity contribution in [1.29, 1.82) is 0 Å². The second kappa shape index (κ2) is 6.44. The Hall–Kier alpha value is -2.48. The lowest BCUT2D eigenvalue weighted by Gasteiger charge is -2.41. The number of likely N-dealkylation sites (tertiary alicyclic amines) is 1. The van der Waals surface area contributed by atoms with Gasteiger partial charge < -0.3 is 9.64 Å². The maximum atomic E-state index is 13.4. The molecule has 7 nitrogen and oxygen atoms in total. The molecule has 0 saturated carbocycles. The van der Waals surface area contributed by atoms with Crippen LogP contribution in [0.15, 0.2) is 33.6 Å². The van der Waals surface area contributed by atoms with E-state index < -0.39 is 5.76 Å². The Balaban J connectivity index is 1.37. The number of aromatic nitrogens is 2. The molecule has 8 heteroatoms. The Morgan fingerprint density at radius 1 is 1.36 bits per heavy atom. The first-order valence-electron chi connectivity index (χ1n) is 8.32. The van der Waals surface area contributed by atoms with Crippen LogP contribution in [0, 0.1) is 11.7 Å². The van der Waals surface area contributed by atoms with E-state index in [1.165, 1.54) is 12.1 Å².